The monoisotopic (exact) mass is 298 g/mol. The second kappa shape index (κ2) is 5.93. The van der Waals surface area contributed by atoms with E-state index in [-0.39, 0.29) is 11.6 Å². The molecule has 1 heterocycles. The predicted octanol–water partition coefficient (Wildman–Crippen LogP) is 3.72. The molecule has 0 spiro atoms. The molecule has 21 heavy (non-hydrogen) atoms. The van der Waals surface area contributed by atoms with E-state index >= 15 is 0 Å². The Morgan fingerprint density at radius 3 is 2.52 bits per heavy atom. The van der Waals surface area contributed by atoms with Crippen LogP contribution in [0.25, 0.3) is 6.08 Å². The lowest BCUT2D eigenvalue weighted by Crippen LogP contribution is -2.19. The van der Waals surface area contributed by atoms with E-state index in [1.54, 1.807) is 24.3 Å². The summed E-state index contributed by atoms with van der Waals surface area (Å²) in [5.74, 6) is -0.640. The van der Waals surface area contributed by atoms with Gasteiger partial charge in [-0.3, -0.25) is 4.79 Å². The third-order valence-corrected chi connectivity index (χ3v) is 3.73. The maximum Gasteiger partial charge on any atom is 0.264 e. The number of rotatable bonds is 2. The van der Waals surface area contributed by atoms with Crippen molar-refractivity contribution in [3.63, 3.8) is 0 Å². The number of carbonyl (C=O) groups is 1. The first-order valence-electron chi connectivity index (χ1n) is 6.31. The van der Waals surface area contributed by atoms with Gasteiger partial charge in [0.25, 0.3) is 5.91 Å². The highest BCUT2D eigenvalue weighted by Crippen LogP contribution is 2.28. The molecule has 5 heteroatoms. The van der Waals surface area contributed by atoms with Gasteiger partial charge >= 0.3 is 0 Å². The van der Waals surface area contributed by atoms with Crippen molar-refractivity contribution in [3.05, 3.63) is 70.9 Å². The van der Waals surface area contributed by atoms with Crippen LogP contribution in [0.4, 0.5) is 10.1 Å². The van der Waals surface area contributed by atoms with E-state index in [9.17, 15) is 9.18 Å². The largest absolute Gasteiger partial charge is 0.300 e. The summed E-state index contributed by atoms with van der Waals surface area (Å²) in [7, 11) is 0. The second-order valence-corrected chi connectivity index (χ2v) is 5.37. The highest BCUT2D eigenvalue weighted by atomic mass is 32.2. The van der Waals surface area contributed by atoms with Gasteiger partial charge < -0.3 is 5.32 Å². The molecule has 0 saturated carbocycles. The molecule has 1 fully saturated rings. The topological polar surface area (TPSA) is 41.5 Å². The van der Waals surface area contributed by atoms with Crippen molar-refractivity contribution in [2.75, 3.05) is 0 Å². The number of nitrogens with one attached hydrogen (secondary N) is 1. The first-order chi connectivity index (χ1) is 10.2. The first kappa shape index (κ1) is 13.6. The molecule has 0 aromatic heterocycles. The number of thioether (sulfide) groups is 1. The molecule has 2 aromatic rings. The van der Waals surface area contributed by atoms with Gasteiger partial charge in [0.15, 0.2) is 5.17 Å². The fourth-order valence-corrected chi connectivity index (χ4v) is 2.67. The number of hydrogen-bond acceptors (Lipinski definition) is 3. The van der Waals surface area contributed by atoms with E-state index in [1.807, 2.05) is 30.3 Å². The van der Waals surface area contributed by atoms with Crippen LogP contribution in [0.2, 0.25) is 0 Å². The molecule has 0 unspecified atom stereocenters. The minimum atomic E-state index is -0.416. The van der Waals surface area contributed by atoms with Crippen molar-refractivity contribution in [3.8, 4) is 0 Å². The van der Waals surface area contributed by atoms with Gasteiger partial charge in [0.2, 0.25) is 0 Å². The minimum absolute atomic E-state index is 0.210. The van der Waals surface area contributed by atoms with Crippen molar-refractivity contribution in [2.45, 2.75) is 0 Å². The summed E-state index contributed by atoms with van der Waals surface area (Å²) >= 11 is 1.20. The van der Waals surface area contributed by atoms with Gasteiger partial charge in [0.05, 0.1) is 4.91 Å². The Hall–Kier alpha value is -2.40. The third-order valence-electron chi connectivity index (χ3n) is 2.82. The Balaban J connectivity index is 1.85. The first-order valence-corrected chi connectivity index (χ1v) is 7.13. The number of hydrogen-bond donors (Lipinski definition) is 1. The molecular formula is C16H11FN2OS. The van der Waals surface area contributed by atoms with E-state index < -0.39 is 5.82 Å². The smallest absolute Gasteiger partial charge is 0.264 e. The van der Waals surface area contributed by atoms with Crippen LogP contribution in [0, 0.1) is 5.82 Å². The zero-order valence-electron chi connectivity index (χ0n) is 10.9. The second-order valence-electron chi connectivity index (χ2n) is 4.34. The van der Waals surface area contributed by atoms with E-state index in [4.69, 9.17) is 0 Å². The van der Waals surface area contributed by atoms with Gasteiger partial charge in [-0.1, -0.05) is 42.5 Å². The molecule has 1 aliphatic rings. The average Bonchev–Trinajstić information content (AvgIpc) is 2.82. The van der Waals surface area contributed by atoms with Crippen molar-refractivity contribution in [1.82, 2.24) is 5.32 Å². The number of carbonyl (C=O) groups excluding carboxylic acids is 1. The Labute approximate surface area is 125 Å². The van der Waals surface area contributed by atoms with Crippen LogP contribution >= 0.6 is 11.8 Å². The quantitative estimate of drug-likeness (QED) is 0.859. The molecular weight excluding hydrogens is 287 g/mol. The summed E-state index contributed by atoms with van der Waals surface area (Å²) < 4.78 is 13.5. The van der Waals surface area contributed by atoms with Gasteiger partial charge in [-0.2, -0.15) is 0 Å². The fourth-order valence-electron chi connectivity index (χ4n) is 1.83. The highest BCUT2D eigenvalue weighted by Gasteiger charge is 2.23. The Morgan fingerprint density at radius 1 is 1.05 bits per heavy atom. The number of para-hydroxylation sites is 1. The molecule has 1 N–H and O–H groups in total. The van der Waals surface area contributed by atoms with Crippen molar-refractivity contribution in [1.29, 1.82) is 0 Å². The summed E-state index contributed by atoms with van der Waals surface area (Å²) in [4.78, 5) is 16.6. The van der Waals surface area contributed by atoms with Crippen molar-refractivity contribution < 1.29 is 9.18 Å². The van der Waals surface area contributed by atoms with Crippen LogP contribution in [0.15, 0.2) is 64.5 Å². The van der Waals surface area contributed by atoms with Crippen LogP contribution < -0.4 is 5.32 Å². The molecule has 1 saturated heterocycles. The van der Waals surface area contributed by atoms with Gasteiger partial charge in [-0.25, -0.2) is 9.38 Å². The van der Waals surface area contributed by atoms with Gasteiger partial charge in [0.1, 0.15) is 11.5 Å². The van der Waals surface area contributed by atoms with Gasteiger partial charge in [-0.15, -0.1) is 0 Å². The number of halogens is 1. The molecule has 1 amide bonds. The molecule has 0 atom stereocenters. The van der Waals surface area contributed by atoms with E-state index in [0.717, 1.165) is 5.56 Å². The number of benzene rings is 2. The molecule has 104 valence electrons. The number of amides is 1. The summed E-state index contributed by atoms with van der Waals surface area (Å²) in [6.07, 6.45) is 1.78. The molecule has 0 radical (unpaired) electrons. The molecule has 3 nitrogen and oxygen atoms in total. The average molecular weight is 298 g/mol. The van der Waals surface area contributed by atoms with Crippen molar-refractivity contribution in [2.24, 2.45) is 4.99 Å². The highest BCUT2D eigenvalue weighted by molar-refractivity contribution is 8.18. The number of aliphatic imine (C=N–C) groups is 1. The number of nitrogens with zero attached hydrogens (tertiary/aromatic N) is 1. The van der Waals surface area contributed by atoms with Gasteiger partial charge in [0, 0.05) is 0 Å². The number of amidine groups is 1. The fraction of sp³-hybridized carbons (Fsp3) is 0. The minimum Gasteiger partial charge on any atom is -0.300 e. The summed E-state index contributed by atoms with van der Waals surface area (Å²) in [6.45, 7) is 0. The predicted molar refractivity (Wildman–Crippen MR) is 83.6 cm³/mol. The van der Waals surface area contributed by atoms with Crippen molar-refractivity contribution >= 4 is 34.6 Å². The van der Waals surface area contributed by atoms with E-state index in [2.05, 4.69) is 10.3 Å². The summed E-state index contributed by atoms with van der Waals surface area (Å²) in [6, 6.07) is 15.7. The molecule has 1 aliphatic heterocycles. The molecule has 0 aliphatic carbocycles. The zero-order chi connectivity index (χ0) is 14.7. The van der Waals surface area contributed by atoms with Crippen LogP contribution in [0.3, 0.4) is 0 Å². The van der Waals surface area contributed by atoms with Crippen LogP contribution in [0.1, 0.15) is 5.56 Å². The SMILES string of the molecule is O=C1NC(=Nc2ccccc2F)SC1=Cc1ccccc1. The standard InChI is InChI=1S/C16H11FN2OS/c17-12-8-4-5-9-13(12)18-16-19-15(20)14(21-16)10-11-6-2-1-3-7-11/h1-10H,(H,18,19,20). The van der Waals surface area contributed by atoms with Crippen LogP contribution in [0.5, 0.6) is 0 Å². The lowest BCUT2D eigenvalue weighted by molar-refractivity contribution is -0.115. The van der Waals surface area contributed by atoms with Gasteiger partial charge in [-0.05, 0) is 35.5 Å². The third kappa shape index (κ3) is 3.20. The Kier molecular flexibility index (Phi) is 3.83. The molecule has 0 bridgehead atoms. The molecule has 3 rings (SSSR count). The molecule has 2 aromatic carbocycles. The van der Waals surface area contributed by atoms with E-state index in [0.29, 0.717) is 10.1 Å². The maximum absolute atomic E-state index is 13.5. The maximum atomic E-state index is 13.5. The van der Waals surface area contributed by atoms with Crippen LogP contribution in [-0.4, -0.2) is 11.1 Å². The zero-order valence-corrected chi connectivity index (χ0v) is 11.7. The normalized spacial score (nSPS) is 18.2. The lowest BCUT2D eigenvalue weighted by Gasteiger charge is -1.97. The Morgan fingerprint density at radius 2 is 1.76 bits per heavy atom. The summed E-state index contributed by atoms with van der Waals surface area (Å²) in [5, 5.41) is 3.02. The summed E-state index contributed by atoms with van der Waals surface area (Å²) in [5.41, 5.74) is 1.14. The van der Waals surface area contributed by atoms with Crippen LogP contribution in [-0.2, 0) is 4.79 Å². The Bertz CT molecular complexity index is 741. The lowest BCUT2D eigenvalue weighted by atomic mass is 10.2. The van der Waals surface area contributed by atoms with E-state index in [1.165, 1.54) is 17.8 Å².